The second-order valence-corrected chi connectivity index (χ2v) is 12.3. The maximum absolute atomic E-state index is 13.3. The molecule has 4 aromatic rings. The summed E-state index contributed by atoms with van der Waals surface area (Å²) >= 11 is 0. The number of allylic oxidation sites excluding steroid dienone is 4. The summed E-state index contributed by atoms with van der Waals surface area (Å²) < 4.78 is 10.6. The lowest BCUT2D eigenvalue weighted by Crippen LogP contribution is -2.44. The summed E-state index contributed by atoms with van der Waals surface area (Å²) in [6.07, 6.45) is 14.0. The lowest BCUT2D eigenvalue weighted by molar-refractivity contribution is -0.161. The van der Waals surface area contributed by atoms with Crippen LogP contribution < -0.4 is 0 Å². The molecule has 1 saturated carbocycles. The molecule has 0 aromatic heterocycles. The van der Waals surface area contributed by atoms with Crippen LogP contribution >= 0.6 is 0 Å². The molecule has 8 heteroatoms. The van der Waals surface area contributed by atoms with Crippen molar-refractivity contribution < 1.29 is 28.7 Å². The van der Waals surface area contributed by atoms with Crippen LogP contribution in [0.2, 0.25) is 0 Å². The van der Waals surface area contributed by atoms with Gasteiger partial charge in [0.15, 0.2) is 0 Å². The van der Waals surface area contributed by atoms with Crippen LogP contribution in [0.5, 0.6) is 0 Å². The summed E-state index contributed by atoms with van der Waals surface area (Å²) in [7, 11) is 0. The monoisotopic (exact) mass is 694 g/mol. The van der Waals surface area contributed by atoms with Crippen molar-refractivity contribution >= 4 is 36.3 Å². The van der Waals surface area contributed by atoms with Crippen LogP contribution in [0.15, 0.2) is 158 Å². The van der Waals surface area contributed by atoms with Crippen LogP contribution in [0, 0.1) is 11.8 Å². The summed E-state index contributed by atoms with van der Waals surface area (Å²) in [5.74, 6) is -3.41. The molecule has 0 radical (unpaired) electrons. The van der Waals surface area contributed by atoms with Gasteiger partial charge in [-0.1, -0.05) is 170 Å². The van der Waals surface area contributed by atoms with E-state index in [2.05, 4.69) is 0 Å². The molecule has 0 saturated heterocycles. The van der Waals surface area contributed by atoms with Gasteiger partial charge in [-0.25, -0.2) is 9.59 Å². The van der Waals surface area contributed by atoms with Gasteiger partial charge in [0, 0.05) is 26.2 Å². The van der Waals surface area contributed by atoms with Crippen molar-refractivity contribution in [3.8, 4) is 0 Å². The zero-order valence-electron chi connectivity index (χ0n) is 28.9. The highest BCUT2D eigenvalue weighted by molar-refractivity contribution is 5.93. The minimum Gasteiger partial charge on any atom is -0.376 e. The fourth-order valence-corrected chi connectivity index (χ4v) is 5.53. The van der Waals surface area contributed by atoms with Crippen molar-refractivity contribution in [3.05, 3.63) is 180 Å². The maximum atomic E-state index is 13.3. The first kappa shape index (κ1) is 37.0. The number of nitrogens with zero attached hydrogens (tertiary/aromatic N) is 2. The van der Waals surface area contributed by atoms with Crippen molar-refractivity contribution in [2.45, 2.75) is 25.9 Å². The molecule has 1 fully saturated rings. The number of rotatable bonds is 14. The molecule has 5 rings (SSSR count). The van der Waals surface area contributed by atoms with Crippen LogP contribution in [-0.4, -0.2) is 47.0 Å². The number of hydrogen-bond donors (Lipinski definition) is 0. The Morgan fingerprint density at radius 2 is 0.846 bits per heavy atom. The molecule has 52 heavy (non-hydrogen) atoms. The molecule has 0 heterocycles. The number of carbonyl (C=O) groups is 4. The molecule has 4 aromatic carbocycles. The molecule has 2 amide bonds. The molecular formula is C44H42N2O6. The molecule has 1 aliphatic rings. The van der Waals surface area contributed by atoms with Gasteiger partial charge in [-0.15, -0.1) is 0 Å². The van der Waals surface area contributed by atoms with Gasteiger partial charge in [0.2, 0.25) is 0 Å². The Labute approximate surface area is 305 Å². The van der Waals surface area contributed by atoms with Gasteiger partial charge in [0.25, 0.3) is 0 Å². The lowest BCUT2D eigenvalue weighted by atomic mass is 9.74. The zero-order chi connectivity index (χ0) is 36.4. The SMILES string of the molecule is O=C(OC(=O)N(CC=CC=Cc1ccccc1)Cc1ccccc1)C1CCC1C(=O)OC(=O)N(CC=CC=Cc1ccccc1)Cc1ccccc1. The second-order valence-electron chi connectivity index (χ2n) is 12.3. The van der Waals surface area contributed by atoms with Gasteiger partial charge in [0.05, 0.1) is 11.8 Å². The van der Waals surface area contributed by atoms with E-state index in [-0.39, 0.29) is 26.2 Å². The number of benzene rings is 4. The van der Waals surface area contributed by atoms with Gasteiger partial charge in [-0.3, -0.25) is 19.4 Å². The van der Waals surface area contributed by atoms with Gasteiger partial charge in [0.1, 0.15) is 0 Å². The first-order valence-electron chi connectivity index (χ1n) is 17.3. The van der Waals surface area contributed by atoms with Crippen molar-refractivity contribution in [1.29, 1.82) is 0 Å². The largest absolute Gasteiger partial charge is 0.418 e. The number of amides is 2. The van der Waals surface area contributed by atoms with E-state index in [1.165, 1.54) is 9.80 Å². The van der Waals surface area contributed by atoms with E-state index >= 15 is 0 Å². The molecule has 264 valence electrons. The Kier molecular flexibility index (Phi) is 14.1. The van der Waals surface area contributed by atoms with Crippen molar-refractivity contribution in [2.75, 3.05) is 13.1 Å². The summed E-state index contributed by atoms with van der Waals surface area (Å²) in [4.78, 5) is 55.8. The van der Waals surface area contributed by atoms with E-state index in [1.807, 2.05) is 158 Å². The van der Waals surface area contributed by atoms with Gasteiger partial charge in [-0.05, 0) is 35.1 Å². The first-order chi connectivity index (χ1) is 25.5. The van der Waals surface area contributed by atoms with Crippen LogP contribution in [0.25, 0.3) is 12.2 Å². The Morgan fingerprint density at radius 3 is 1.19 bits per heavy atom. The molecule has 2 atom stereocenters. The highest BCUT2D eigenvalue weighted by Gasteiger charge is 2.45. The van der Waals surface area contributed by atoms with Gasteiger partial charge >= 0.3 is 24.1 Å². The average molecular weight is 695 g/mol. The summed E-state index contributed by atoms with van der Waals surface area (Å²) in [6.45, 7) is 0.827. The molecule has 0 aliphatic heterocycles. The standard InChI is InChI=1S/C44H42N2O6/c47-41(51-43(49)45(33-37-25-11-3-12-26-37)31-17-5-15-23-35-19-7-1-8-20-35)39-29-30-40(39)42(48)52-44(50)46(34-38-27-13-4-14-28-38)32-18-6-16-24-36-21-9-2-10-22-36/h1-28,39-40H,29-34H2. The van der Waals surface area contributed by atoms with Crippen molar-refractivity contribution in [1.82, 2.24) is 9.80 Å². The molecule has 0 spiro atoms. The van der Waals surface area contributed by atoms with E-state index in [0.717, 1.165) is 22.3 Å². The van der Waals surface area contributed by atoms with E-state index < -0.39 is 36.0 Å². The molecule has 1 aliphatic carbocycles. The number of hydrogen-bond acceptors (Lipinski definition) is 6. The highest BCUT2D eigenvalue weighted by atomic mass is 16.6. The van der Waals surface area contributed by atoms with E-state index in [9.17, 15) is 19.2 Å². The van der Waals surface area contributed by atoms with Crippen LogP contribution in [0.4, 0.5) is 9.59 Å². The smallest absolute Gasteiger partial charge is 0.376 e. The molecule has 2 unspecified atom stereocenters. The van der Waals surface area contributed by atoms with Gasteiger partial charge < -0.3 is 9.47 Å². The molecular weight excluding hydrogens is 652 g/mol. The third kappa shape index (κ3) is 11.7. The summed E-state index contributed by atoms with van der Waals surface area (Å²) in [5, 5.41) is 0. The third-order valence-electron chi connectivity index (χ3n) is 8.53. The van der Waals surface area contributed by atoms with Crippen molar-refractivity contribution in [3.63, 3.8) is 0 Å². The second kappa shape index (κ2) is 19.8. The maximum Gasteiger partial charge on any atom is 0.418 e. The number of esters is 2. The van der Waals surface area contributed by atoms with Gasteiger partial charge in [-0.2, -0.15) is 0 Å². The minimum atomic E-state index is -0.891. The molecule has 8 nitrogen and oxygen atoms in total. The number of ether oxygens (including phenoxy) is 2. The Hall–Kier alpha value is -6.28. The quantitative estimate of drug-likeness (QED) is 0.0744. The first-order valence-corrected chi connectivity index (χ1v) is 17.3. The predicted octanol–water partition coefficient (Wildman–Crippen LogP) is 8.88. The normalized spacial score (nSPS) is 15.5. The van der Waals surface area contributed by atoms with E-state index in [4.69, 9.17) is 9.47 Å². The van der Waals surface area contributed by atoms with Crippen LogP contribution in [0.3, 0.4) is 0 Å². The molecule has 0 bridgehead atoms. The fourth-order valence-electron chi connectivity index (χ4n) is 5.53. The third-order valence-corrected chi connectivity index (χ3v) is 8.53. The van der Waals surface area contributed by atoms with Crippen molar-refractivity contribution in [2.24, 2.45) is 11.8 Å². The summed E-state index contributed by atoms with van der Waals surface area (Å²) in [6, 6.07) is 38.4. The lowest BCUT2D eigenvalue weighted by Gasteiger charge is -2.33. The van der Waals surface area contributed by atoms with Crippen LogP contribution in [0.1, 0.15) is 35.1 Å². The fraction of sp³-hybridized carbons (Fsp3) is 0.182. The Bertz CT molecular complexity index is 1730. The predicted molar refractivity (Wildman–Crippen MR) is 202 cm³/mol. The summed E-state index contributed by atoms with van der Waals surface area (Å²) in [5.41, 5.74) is 3.82. The highest BCUT2D eigenvalue weighted by Crippen LogP contribution is 2.36. The number of carbonyl (C=O) groups excluding carboxylic acids is 4. The van der Waals surface area contributed by atoms with E-state index in [1.54, 1.807) is 12.2 Å². The van der Waals surface area contributed by atoms with Crippen LogP contribution in [-0.2, 0) is 32.2 Å². The Balaban J connectivity index is 1.17. The minimum absolute atomic E-state index is 0.193. The zero-order valence-corrected chi connectivity index (χ0v) is 28.9. The average Bonchev–Trinajstić information content (AvgIpc) is 3.14. The van der Waals surface area contributed by atoms with E-state index in [0.29, 0.717) is 12.8 Å². The topological polar surface area (TPSA) is 93.2 Å². The Morgan fingerprint density at radius 1 is 0.500 bits per heavy atom. The molecule has 0 N–H and O–H groups in total.